The maximum Gasteiger partial charge on any atom is 0.165 e. The number of ether oxygens (including phenoxy) is 2. The molecule has 1 rings (SSSR count). The van der Waals surface area contributed by atoms with E-state index in [2.05, 4.69) is 0 Å². The first-order chi connectivity index (χ1) is 8.51. The number of hydrogen-bond acceptors (Lipinski definition) is 5. The highest BCUT2D eigenvalue weighted by atomic mass is 16.6. The molecule has 1 saturated heterocycles. The molecule has 0 aliphatic carbocycles. The van der Waals surface area contributed by atoms with Crippen LogP contribution in [-0.4, -0.2) is 58.5 Å². The zero-order valence-corrected chi connectivity index (χ0v) is 13.1. The molecule has 2 atom stereocenters. The Morgan fingerprint density at radius 2 is 1.53 bits per heavy atom. The third-order valence-electron chi connectivity index (χ3n) is 4.30. The lowest BCUT2D eigenvalue weighted by molar-refractivity contribution is -0.332. The monoisotopic (exact) mass is 275 g/mol. The van der Waals surface area contributed by atoms with E-state index in [1.807, 2.05) is 18.7 Å². The molecular weight excluding hydrogens is 246 g/mol. The molecule has 19 heavy (non-hydrogen) atoms. The lowest BCUT2D eigenvalue weighted by atomic mass is 9.92. The van der Waals surface area contributed by atoms with E-state index >= 15 is 0 Å². The van der Waals surface area contributed by atoms with Gasteiger partial charge in [-0.05, 0) is 27.7 Å². The lowest BCUT2D eigenvalue weighted by Crippen LogP contribution is -2.65. The molecule has 0 radical (unpaired) electrons. The minimum Gasteiger partial charge on any atom is -0.379 e. The van der Waals surface area contributed by atoms with Crippen LogP contribution in [0.3, 0.4) is 0 Å². The van der Waals surface area contributed by atoms with Gasteiger partial charge in [-0.2, -0.15) is 0 Å². The summed E-state index contributed by atoms with van der Waals surface area (Å²) in [6, 6.07) is 0. The van der Waals surface area contributed by atoms with Crippen LogP contribution in [0.1, 0.15) is 41.5 Å². The second-order valence-corrected chi connectivity index (χ2v) is 6.44. The van der Waals surface area contributed by atoms with Crippen LogP contribution >= 0.6 is 0 Å². The molecule has 2 unspecified atom stereocenters. The van der Waals surface area contributed by atoms with Crippen LogP contribution in [-0.2, 0) is 9.47 Å². The van der Waals surface area contributed by atoms with Gasteiger partial charge in [-0.25, -0.2) is 0 Å². The van der Waals surface area contributed by atoms with Gasteiger partial charge in [0, 0.05) is 19.0 Å². The molecule has 1 aliphatic rings. The molecule has 5 heteroatoms. The first-order valence-electron chi connectivity index (χ1n) is 6.98. The molecule has 0 aromatic heterocycles. The second-order valence-electron chi connectivity index (χ2n) is 6.44. The van der Waals surface area contributed by atoms with Crippen molar-refractivity contribution in [1.82, 2.24) is 4.90 Å². The molecule has 0 bridgehead atoms. The zero-order valence-electron chi connectivity index (χ0n) is 13.1. The quantitative estimate of drug-likeness (QED) is 0.738. The fourth-order valence-electron chi connectivity index (χ4n) is 2.11. The Morgan fingerprint density at radius 3 is 1.95 bits per heavy atom. The normalized spacial score (nSPS) is 25.1. The predicted molar refractivity (Wildman–Crippen MR) is 73.6 cm³/mol. The molecule has 0 aromatic rings. The maximum atomic E-state index is 10.8. The van der Waals surface area contributed by atoms with Crippen molar-refractivity contribution < 1.29 is 19.7 Å². The van der Waals surface area contributed by atoms with Gasteiger partial charge >= 0.3 is 0 Å². The first-order valence-corrected chi connectivity index (χ1v) is 6.98. The molecule has 114 valence electrons. The van der Waals surface area contributed by atoms with E-state index in [0.29, 0.717) is 26.3 Å². The van der Waals surface area contributed by atoms with Crippen molar-refractivity contribution in [2.45, 2.75) is 58.7 Å². The maximum absolute atomic E-state index is 10.8. The van der Waals surface area contributed by atoms with Gasteiger partial charge < -0.3 is 19.7 Å². The second kappa shape index (κ2) is 5.66. The summed E-state index contributed by atoms with van der Waals surface area (Å²) in [5.41, 5.74) is -2.08. The number of nitrogens with zero attached hydrogens (tertiary/aromatic N) is 1. The van der Waals surface area contributed by atoms with Crippen molar-refractivity contribution in [3.8, 4) is 0 Å². The van der Waals surface area contributed by atoms with Gasteiger partial charge in [0.15, 0.2) is 5.79 Å². The molecule has 1 fully saturated rings. The molecule has 0 spiro atoms. The first kappa shape index (κ1) is 16.9. The van der Waals surface area contributed by atoms with E-state index in [1.165, 1.54) is 0 Å². The van der Waals surface area contributed by atoms with Crippen molar-refractivity contribution in [2.75, 3.05) is 26.3 Å². The molecular formula is C14H29NO4. The SMILES string of the molecule is CC(C)C(C)(O)OC(C)(C)C(C)(O)N1CCOCC1. The fourth-order valence-corrected chi connectivity index (χ4v) is 2.11. The van der Waals surface area contributed by atoms with Crippen LogP contribution in [0.15, 0.2) is 0 Å². The minimum absolute atomic E-state index is 0.0627. The Balaban J connectivity index is 2.84. The Morgan fingerprint density at radius 1 is 1.05 bits per heavy atom. The van der Waals surface area contributed by atoms with Gasteiger partial charge in [-0.3, -0.25) is 4.90 Å². The Hall–Kier alpha value is -0.200. The Labute approximate surface area is 116 Å². The summed E-state index contributed by atoms with van der Waals surface area (Å²) in [5, 5.41) is 21.2. The van der Waals surface area contributed by atoms with Crippen LogP contribution in [0.25, 0.3) is 0 Å². The van der Waals surface area contributed by atoms with Crippen LogP contribution in [0.2, 0.25) is 0 Å². The predicted octanol–water partition coefficient (Wildman–Crippen LogP) is 1.19. The van der Waals surface area contributed by atoms with Gasteiger partial charge in [0.25, 0.3) is 0 Å². The van der Waals surface area contributed by atoms with Crippen LogP contribution < -0.4 is 0 Å². The summed E-state index contributed by atoms with van der Waals surface area (Å²) < 4.78 is 11.1. The standard InChI is InChI=1S/C14H29NO4/c1-11(2)13(5,16)19-12(3,4)14(6,17)15-7-9-18-10-8-15/h11,16-17H,7-10H2,1-6H3. The van der Waals surface area contributed by atoms with Gasteiger partial charge in [-0.15, -0.1) is 0 Å². The fraction of sp³-hybridized carbons (Fsp3) is 1.00. The van der Waals surface area contributed by atoms with Crippen LogP contribution in [0, 0.1) is 5.92 Å². The van der Waals surface area contributed by atoms with E-state index in [4.69, 9.17) is 9.47 Å². The highest BCUT2D eigenvalue weighted by Gasteiger charge is 2.49. The van der Waals surface area contributed by atoms with Gasteiger partial charge in [-0.1, -0.05) is 13.8 Å². The molecule has 0 amide bonds. The summed E-state index contributed by atoms with van der Waals surface area (Å²) in [5.74, 6) is -1.34. The van der Waals surface area contributed by atoms with Crippen molar-refractivity contribution >= 4 is 0 Å². The molecule has 1 heterocycles. The number of aliphatic hydroxyl groups is 2. The number of morpholine rings is 1. The third-order valence-corrected chi connectivity index (χ3v) is 4.30. The van der Waals surface area contributed by atoms with E-state index in [1.54, 1.807) is 27.7 Å². The molecule has 5 nitrogen and oxygen atoms in total. The Kier molecular flexibility index (Phi) is 5.02. The minimum atomic E-state index is -1.28. The summed E-state index contributed by atoms with van der Waals surface area (Å²) in [7, 11) is 0. The lowest BCUT2D eigenvalue weighted by Gasteiger charge is -2.50. The summed E-state index contributed by atoms with van der Waals surface area (Å²) in [6.45, 7) is 13.3. The Bertz CT molecular complexity index is 294. The number of rotatable bonds is 5. The zero-order chi connectivity index (χ0) is 14.9. The summed E-state index contributed by atoms with van der Waals surface area (Å²) >= 11 is 0. The number of hydrogen-bond donors (Lipinski definition) is 2. The van der Waals surface area contributed by atoms with Crippen molar-refractivity contribution in [3.05, 3.63) is 0 Å². The van der Waals surface area contributed by atoms with Crippen molar-refractivity contribution in [1.29, 1.82) is 0 Å². The summed E-state index contributed by atoms with van der Waals surface area (Å²) in [6.07, 6.45) is 0. The van der Waals surface area contributed by atoms with Crippen LogP contribution in [0.5, 0.6) is 0 Å². The average molecular weight is 275 g/mol. The van der Waals surface area contributed by atoms with E-state index in [-0.39, 0.29) is 5.92 Å². The van der Waals surface area contributed by atoms with Crippen molar-refractivity contribution in [2.24, 2.45) is 5.92 Å². The molecule has 2 N–H and O–H groups in total. The topological polar surface area (TPSA) is 62.2 Å². The molecule has 0 aromatic carbocycles. The largest absolute Gasteiger partial charge is 0.379 e. The van der Waals surface area contributed by atoms with Gasteiger partial charge in [0.2, 0.25) is 0 Å². The average Bonchev–Trinajstić information content (AvgIpc) is 2.28. The van der Waals surface area contributed by atoms with Crippen LogP contribution in [0.4, 0.5) is 0 Å². The third kappa shape index (κ3) is 3.67. The van der Waals surface area contributed by atoms with Gasteiger partial charge in [0.1, 0.15) is 11.3 Å². The van der Waals surface area contributed by atoms with Crippen molar-refractivity contribution in [3.63, 3.8) is 0 Å². The van der Waals surface area contributed by atoms with Gasteiger partial charge in [0.05, 0.1) is 13.2 Å². The summed E-state index contributed by atoms with van der Waals surface area (Å²) in [4.78, 5) is 1.94. The smallest absolute Gasteiger partial charge is 0.165 e. The van der Waals surface area contributed by atoms with E-state index in [9.17, 15) is 10.2 Å². The molecule has 0 saturated carbocycles. The van der Waals surface area contributed by atoms with E-state index in [0.717, 1.165) is 0 Å². The highest BCUT2D eigenvalue weighted by molar-refractivity contribution is 4.94. The highest BCUT2D eigenvalue weighted by Crippen LogP contribution is 2.35. The van der Waals surface area contributed by atoms with E-state index < -0.39 is 17.1 Å². The molecule has 1 aliphatic heterocycles.